The van der Waals surface area contributed by atoms with E-state index in [9.17, 15) is 5.11 Å². The van der Waals surface area contributed by atoms with Crippen LogP contribution >= 0.6 is 0 Å². The molecular formula is C19H22N2O. The lowest BCUT2D eigenvalue weighted by molar-refractivity contribution is 0.148. The molecule has 3 nitrogen and oxygen atoms in total. The first kappa shape index (κ1) is 13.8. The molecule has 22 heavy (non-hydrogen) atoms. The number of aliphatic hydroxyl groups is 1. The van der Waals surface area contributed by atoms with E-state index in [4.69, 9.17) is 5.73 Å². The molecule has 1 aliphatic heterocycles. The SMILES string of the molecule is NC1CCC(N2c3ccccc3CCc3ccccc32)C1O. The second-order valence-corrected chi connectivity index (χ2v) is 6.43. The normalized spacial score (nSPS) is 27.2. The van der Waals surface area contributed by atoms with Gasteiger partial charge in [-0.25, -0.2) is 0 Å². The van der Waals surface area contributed by atoms with Gasteiger partial charge >= 0.3 is 0 Å². The van der Waals surface area contributed by atoms with Gasteiger partial charge in [0.2, 0.25) is 0 Å². The highest BCUT2D eigenvalue weighted by Crippen LogP contribution is 2.41. The highest BCUT2D eigenvalue weighted by atomic mass is 16.3. The maximum Gasteiger partial charge on any atom is 0.0897 e. The molecule has 1 aliphatic carbocycles. The van der Waals surface area contributed by atoms with Crippen molar-refractivity contribution in [1.29, 1.82) is 0 Å². The van der Waals surface area contributed by atoms with E-state index in [0.717, 1.165) is 25.7 Å². The van der Waals surface area contributed by atoms with E-state index in [1.54, 1.807) is 0 Å². The Labute approximate surface area is 131 Å². The van der Waals surface area contributed by atoms with Crippen LogP contribution in [0.1, 0.15) is 24.0 Å². The van der Waals surface area contributed by atoms with Crippen molar-refractivity contribution in [2.45, 2.75) is 43.9 Å². The maximum absolute atomic E-state index is 10.6. The van der Waals surface area contributed by atoms with Gasteiger partial charge in [-0.15, -0.1) is 0 Å². The summed E-state index contributed by atoms with van der Waals surface area (Å²) in [6.45, 7) is 0. The molecule has 114 valence electrons. The van der Waals surface area contributed by atoms with Gasteiger partial charge in [0.05, 0.1) is 12.1 Å². The van der Waals surface area contributed by atoms with Gasteiger partial charge in [0.15, 0.2) is 0 Å². The van der Waals surface area contributed by atoms with E-state index in [-0.39, 0.29) is 12.1 Å². The van der Waals surface area contributed by atoms with Crippen LogP contribution in [-0.2, 0) is 12.8 Å². The lowest BCUT2D eigenvalue weighted by Gasteiger charge is -2.35. The van der Waals surface area contributed by atoms with Gasteiger partial charge in [-0.05, 0) is 48.9 Å². The smallest absolute Gasteiger partial charge is 0.0897 e. The summed E-state index contributed by atoms with van der Waals surface area (Å²) < 4.78 is 0. The number of benzene rings is 2. The highest BCUT2D eigenvalue weighted by molar-refractivity contribution is 5.72. The Morgan fingerprint density at radius 2 is 1.41 bits per heavy atom. The number of hydrogen-bond acceptors (Lipinski definition) is 3. The number of para-hydroxylation sites is 2. The summed E-state index contributed by atoms with van der Waals surface area (Å²) in [7, 11) is 0. The van der Waals surface area contributed by atoms with Crippen molar-refractivity contribution < 1.29 is 5.11 Å². The van der Waals surface area contributed by atoms with Gasteiger partial charge in [-0.3, -0.25) is 0 Å². The molecule has 2 aromatic carbocycles. The molecule has 4 rings (SSSR count). The number of nitrogens with zero attached hydrogens (tertiary/aromatic N) is 1. The van der Waals surface area contributed by atoms with Gasteiger partial charge in [0.25, 0.3) is 0 Å². The first-order valence-electron chi connectivity index (χ1n) is 8.14. The average Bonchev–Trinajstić information content (AvgIpc) is 2.80. The third-order valence-electron chi connectivity index (χ3n) is 5.13. The molecule has 0 amide bonds. The summed E-state index contributed by atoms with van der Waals surface area (Å²) in [6, 6.07) is 17.1. The zero-order valence-corrected chi connectivity index (χ0v) is 12.7. The summed E-state index contributed by atoms with van der Waals surface area (Å²) in [4.78, 5) is 2.34. The minimum atomic E-state index is -0.473. The Hall–Kier alpha value is -1.84. The molecule has 1 fully saturated rings. The molecule has 1 heterocycles. The number of anilines is 2. The van der Waals surface area contributed by atoms with Crippen molar-refractivity contribution in [1.82, 2.24) is 0 Å². The van der Waals surface area contributed by atoms with Gasteiger partial charge in [0.1, 0.15) is 0 Å². The van der Waals surface area contributed by atoms with Crippen LogP contribution in [0.4, 0.5) is 11.4 Å². The number of hydrogen-bond donors (Lipinski definition) is 2. The Bertz CT molecular complexity index is 637. The molecule has 3 atom stereocenters. The fourth-order valence-electron chi connectivity index (χ4n) is 3.94. The molecule has 0 aromatic heterocycles. The highest BCUT2D eigenvalue weighted by Gasteiger charge is 2.38. The van der Waals surface area contributed by atoms with Gasteiger partial charge in [-0.1, -0.05) is 36.4 Å². The summed E-state index contributed by atoms with van der Waals surface area (Å²) >= 11 is 0. The monoisotopic (exact) mass is 294 g/mol. The van der Waals surface area contributed by atoms with Crippen molar-refractivity contribution in [2.75, 3.05) is 4.90 Å². The lowest BCUT2D eigenvalue weighted by Crippen LogP contribution is -2.43. The molecule has 1 saturated carbocycles. The summed E-state index contributed by atoms with van der Waals surface area (Å²) in [5.74, 6) is 0. The second-order valence-electron chi connectivity index (χ2n) is 6.43. The predicted octanol–water partition coefficient (Wildman–Crippen LogP) is 2.77. The van der Waals surface area contributed by atoms with E-state index in [2.05, 4.69) is 53.4 Å². The summed E-state index contributed by atoms with van der Waals surface area (Å²) in [5.41, 5.74) is 11.2. The standard InChI is InChI=1S/C19H22N2O/c20-15-11-12-18(19(15)22)21-16-7-3-1-5-13(16)9-10-14-6-2-4-8-17(14)21/h1-8,15,18-19,22H,9-12,20H2. The van der Waals surface area contributed by atoms with Crippen LogP contribution in [0, 0.1) is 0 Å². The molecule has 3 heteroatoms. The molecule has 0 saturated heterocycles. The Morgan fingerprint density at radius 1 is 0.864 bits per heavy atom. The molecular weight excluding hydrogens is 272 g/mol. The number of aliphatic hydroxyl groups excluding tert-OH is 1. The number of aryl methyl sites for hydroxylation is 2. The Morgan fingerprint density at radius 3 is 1.91 bits per heavy atom. The number of fused-ring (bicyclic) bond motifs is 2. The molecule has 3 unspecified atom stereocenters. The minimum absolute atomic E-state index is 0.0652. The first-order valence-corrected chi connectivity index (χ1v) is 8.14. The lowest BCUT2D eigenvalue weighted by atomic mass is 10.0. The van der Waals surface area contributed by atoms with Crippen LogP contribution in [0.25, 0.3) is 0 Å². The fourth-order valence-corrected chi connectivity index (χ4v) is 3.94. The summed E-state index contributed by atoms with van der Waals surface area (Å²) in [6.07, 6.45) is 3.42. The third kappa shape index (κ3) is 2.13. The molecule has 0 bridgehead atoms. The van der Waals surface area contributed by atoms with E-state index in [0.29, 0.717) is 0 Å². The number of nitrogens with two attached hydrogens (primary N) is 1. The van der Waals surface area contributed by atoms with Crippen LogP contribution in [0.15, 0.2) is 48.5 Å². The average molecular weight is 294 g/mol. The van der Waals surface area contributed by atoms with Crippen molar-refractivity contribution in [3.05, 3.63) is 59.7 Å². The predicted molar refractivity (Wildman–Crippen MR) is 89.4 cm³/mol. The molecule has 0 spiro atoms. The topological polar surface area (TPSA) is 49.5 Å². The van der Waals surface area contributed by atoms with Crippen molar-refractivity contribution in [3.8, 4) is 0 Å². The second kappa shape index (κ2) is 5.41. The van der Waals surface area contributed by atoms with E-state index in [1.165, 1.54) is 22.5 Å². The zero-order valence-electron chi connectivity index (χ0n) is 12.7. The van der Waals surface area contributed by atoms with Crippen LogP contribution in [0.3, 0.4) is 0 Å². The molecule has 2 aliphatic rings. The maximum atomic E-state index is 10.6. The fraction of sp³-hybridized carbons (Fsp3) is 0.368. The van der Waals surface area contributed by atoms with Gasteiger partial charge in [-0.2, -0.15) is 0 Å². The van der Waals surface area contributed by atoms with Crippen LogP contribution in [0.5, 0.6) is 0 Å². The van der Waals surface area contributed by atoms with Crippen molar-refractivity contribution >= 4 is 11.4 Å². The van der Waals surface area contributed by atoms with E-state index in [1.807, 2.05) is 0 Å². The quantitative estimate of drug-likeness (QED) is 0.850. The van der Waals surface area contributed by atoms with Crippen LogP contribution in [-0.4, -0.2) is 23.3 Å². The van der Waals surface area contributed by atoms with Crippen molar-refractivity contribution in [2.24, 2.45) is 5.73 Å². The van der Waals surface area contributed by atoms with Gasteiger partial charge < -0.3 is 15.7 Å². The molecule has 3 N–H and O–H groups in total. The first-order chi connectivity index (χ1) is 10.8. The van der Waals surface area contributed by atoms with Crippen LogP contribution in [0.2, 0.25) is 0 Å². The minimum Gasteiger partial charge on any atom is -0.389 e. The van der Waals surface area contributed by atoms with E-state index >= 15 is 0 Å². The van der Waals surface area contributed by atoms with Crippen molar-refractivity contribution in [3.63, 3.8) is 0 Å². The van der Waals surface area contributed by atoms with Gasteiger partial charge in [0, 0.05) is 17.4 Å². The number of rotatable bonds is 1. The molecule has 0 radical (unpaired) electrons. The summed E-state index contributed by atoms with van der Waals surface area (Å²) in [5, 5.41) is 10.6. The Kier molecular flexibility index (Phi) is 3.40. The van der Waals surface area contributed by atoms with E-state index < -0.39 is 6.10 Å². The third-order valence-corrected chi connectivity index (χ3v) is 5.13. The van der Waals surface area contributed by atoms with Crippen LogP contribution < -0.4 is 10.6 Å². The Balaban J connectivity index is 1.88. The zero-order chi connectivity index (χ0) is 15.1. The molecule has 2 aromatic rings. The largest absolute Gasteiger partial charge is 0.389 e.